The van der Waals surface area contributed by atoms with E-state index in [4.69, 9.17) is 16.3 Å². The van der Waals surface area contributed by atoms with E-state index in [0.717, 1.165) is 11.1 Å². The van der Waals surface area contributed by atoms with Gasteiger partial charge in [0.15, 0.2) is 0 Å². The highest BCUT2D eigenvalue weighted by Gasteiger charge is 2.07. The maximum Gasteiger partial charge on any atom is 0.251 e. The van der Waals surface area contributed by atoms with Crippen LogP contribution in [0.3, 0.4) is 0 Å². The molecule has 114 valence electrons. The summed E-state index contributed by atoms with van der Waals surface area (Å²) in [7, 11) is 0. The van der Waals surface area contributed by atoms with Crippen LogP contribution in [0.2, 0.25) is 5.02 Å². The fourth-order valence-electron chi connectivity index (χ4n) is 1.83. The first-order chi connectivity index (χ1) is 10.6. The summed E-state index contributed by atoms with van der Waals surface area (Å²) in [5.41, 5.74) is 2.41. The first-order valence-corrected chi connectivity index (χ1v) is 7.33. The number of carbonyl (C=O) groups excluding carboxylic acids is 1. The van der Waals surface area contributed by atoms with Crippen LogP contribution in [0.4, 0.5) is 0 Å². The molecule has 0 spiro atoms. The van der Waals surface area contributed by atoms with E-state index >= 15 is 0 Å². The zero-order chi connectivity index (χ0) is 15.9. The van der Waals surface area contributed by atoms with E-state index in [1.54, 1.807) is 30.3 Å². The molecule has 0 atom stereocenters. The molecule has 0 aliphatic heterocycles. The first-order valence-electron chi connectivity index (χ1n) is 6.95. The number of benzene rings is 2. The third kappa shape index (κ3) is 4.64. The van der Waals surface area contributed by atoms with Gasteiger partial charge in [-0.05, 0) is 48.4 Å². The minimum atomic E-state index is -0.147. The summed E-state index contributed by atoms with van der Waals surface area (Å²) < 4.78 is 5.50. The van der Waals surface area contributed by atoms with E-state index in [0.29, 0.717) is 29.5 Å². The summed E-state index contributed by atoms with van der Waals surface area (Å²) in [6.07, 6.45) is 0. The fourth-order valence-corrected chi connectivity index (χ4v) is 2.03. The molecule has 0 saturated carbocycles. The van der Waals surface area contributed by atoms with Crippen molar-refractivity contribution in [2.75, 3.05) is 6.61 Å². The quantitative estimate of drug-likeness (QED) is 0.810. The molecule has 1 amide bonds. The van der Waals surface area contributed by atoms with Crippen molar-refractivity contribution in [3.63, 3.8) is 0 Å². The molecule has 0 aliphatic rings. The predicted octanol–water partition coefficient (Wildman–Crippen LogP) is 4.22. The minimum Gasteiger partial charge on any atom is -0.489 e. The number of hydrogen-bond acceptors (Lipinski definition) is 2. The van der Waals surface area contributed by atoms with Gasteiger partial charge in [-0.2, -0.15) is 0 Å². The number of hydrogen-bond donors (Lipinski definition) is 1. The van der Waals surface area contributed by atoms with Crippen LogP contribution in [-0.4, -0.2) is 12.5 Å². The van der Waals surface area contributed by atoms with Gasteiger partial charge in [0, 0.05) is 17.1 Å². The van der Waals surface area contributed by atoms with Gasteiger partial charge in [0.25, 0.3) is 5.91 Å². The Labute approximate surface area is 135 Å². The van der Waals surface area contributed by atoms with Gasteiger partial charge in [-0.1, -0.05) is 36.4 Å². The predicted molar refractivity (Wildman–Crippen MR) is 89.4 cm³/mol. The maximum atomic E-state index is 12.1. The van der Waals surface area contributed by atoms with Crippen LogP contribution in [0.25, 0.3) is 0 Å². The van der Waals surface area contributed by atoms with Crippen LogP contribution in [-0.2, 0) is 6.54 Å². The second-order valence-electron chi connectivity index (χ2n) is 5.04. The van der Waals surface area contributed by atoms with Crippen LogP contribution in [0.5, 0.6) is 5.75 Å². The largest absolute Gasteiger partial charge is 0.489 e. The van der Waals surface area contributed by atoms with Crippen molar-refractivity contribution in [2.24, 2.45) is 0 Å². The van der Waals surface area contributed by atoms with Crippen molar-refractivity contribution in [3.05, 3.63) is 76.8 Å². The zero-order valence-corrected chi connectivity index (χ0v) is 13.2. The lowest BCUT2D eigenvalue weighted by molar-refractivity contribution is 0.0951. The van der Waals surface area contributed by atoms with Gasteiger partial charge in [-0.25, -0.2) is 0 Å². The Hall–Kier alpha value is -2.26. The van der Waals surface area contributed by atoms with Gasteiger partial charge in [-0.3, -0.25) is 4.79 Å². The lowest BCUT2D eigenvalue weighted by atomic mass is 10.2. The van der Waals surface area contributed by atoms with E-state index in [-0.39, 0.29) is 5.91 Å². The molecule has 2 rings (SSSR count). The number of halogens is 1. The van der Waals surface area contributed by atoms with Gasteiger partial charge >= 0.3 is 0 Å². The Morgan fingerprint density at radius 1 is 1.18 bits per heavy atom. The zero-order valence-electron chi connectivity index (χ0n) is 12.4. The second kappa shape index (κ2) is 7.66. The van der Waals surface area contributed by atoms with Crippen molar-refractivity contribution in [3.8, 4) is 5.75 Å². The Morgan fingerprint density at radius 3 is 2.50 bits per heavy atom. The smallest absolute Gasteiger partial charge is 0.251 e. The molecule has 1 N–H and O–H groups in total. The summed E-state index contributed by atoms with van der Waals surface area (Å²) in [6, 6.07) is 14.4. The van der Waals surface area contributed by atoms with Gasteiger partial charge < -0.3 is 10.1 Å². The van der Waals surface area contributed by atoms with Crippen molar-refractivity contribution < 1.29 is 9.53 Å². The number of amides is 1. The topological polar surface area (TPSA) is 38.3 Å². The SMILES string of the molecule is C=C(C)COc1ccc(C(=O)NCc2ccccc2Cl)cc1. The monoisotopic (exact) mass is 315 g/mol. The maximum absolute atomic E-state index is 12.1. The average Bonchev–Trinajstić information content (AvgIpc) is 2.52. The molecule has 0 saturated heterocycles. The number of rotatable bonds is 6. The Morgan fingerprint density at radius 2 is 1.86 bits per heavy atom. The normalized spacial score (nSPS) is 10.1. The van der Waals surface area contributed by atoms with E-state index in [2.05, 4.69) is 11.9 Å². The fraction of sp³-hybridized carbons (Fsp3) is 0.167. The molecule has 4 heteroatoms. The molecule has 0 fully saturated rings. The van der Waals surface area contributed by atoms with Gasteiger partial charge in [-0.15, -0.1) is 0 Å². The summed E-state index contributed by atoms with van der Waals surface area (Å²) in [4.78, 5) is 12.1. The van der Waals surface area contributed by atoms with E-state index in [9.17, 15) is 4.79 Å². The van der Waals surface area contributed by atoms with E-state index in [1.807, 2.05) is 25.1 Å². The summed E-state index contributed by atoms with van der Waals surface area (Å²) in [5.74, 6) is 0.567. The van der Waals surface area contributed by atoms with Crippen LogP contribution in [0, 0.1) is 0 Å². The third-order valence-electron chi connectivity index (χ3n) is 3.00. The highest BCUT2D eigenvalue weighted by atomic mass is 35.5. The lowest BCUT2D eigenvalue weighted by Gasteiger charge is -2.08. The van der Waals surface area contributed by atoms with Crippen molar-refractivity contribution in [1.29, 1.82) is 0 Å². The van der Waals surface area contributed by atoms with Gasteiger partial charge in [0.2, 0.25) is 0 Å². The molecular formula is C18H18ClNO2. The Kier molecular flexibility index (Phi) is 5.61. The van der Waals surface area contributed by atoms with Crippen LogP contribution in [0.1, 0.15) is 22.8 Å². The van der Waals surface area contributed by atoms with Crippen molar-refractivity contribution in [1.82, 2.24) is 5.32 Å². The first kappa shape index (κ1) is 16.1. The molecule has 0 aromatic heterocycles. The van der Waals surface area contributed by atoms with Crippen LogP contribution in [0.15, 0.2) is 60.7 Å². The van der Waals surface area contributed by atoms with E-state index < -0.39 is 0 Å². The van der Waals surface area contributed by atoms with Crippen molar-refractivity contribution in [2.45, 2.75) is 13.5 Å². The van der Waals surface area contributed by atoms with Crippen LogP contribution >= 0.6 is 11.6 Å². The van der Waals surface area contributed by atoms with Crippen molar-refractivity contribution >= 4 is 17.5 Å². The van der Waals surface area contributed by atoms with Crippen LogP contribution < -0.4 is 10.1 Å². The molecule has 0 bridgehead atoms. The molecule has 0 radical (unpaired) electrons. The lowest BCUT2D eigenvalue weighted by Crippen LogP contribution is -2.22. The highest BCUT2D eigenvalue weighted by Crippen LogP contribution is 2.15. The van der Waals surface area contributed by atoms with Gasteiger partial charge in [0.05, 0.1) is 0 Å². The number of carbonyl (C=O) groups is 1. The summed E-state index contributed by atoms with van der Waals surface area (Å²) >= 11 is 6.06. The molecule has 0 heterocycles. The molecular weight excluding hydrogens is 298 g/mol. The van der Waals surface area contributed by atoms with E-state index in [1.165, 1.54) is 0 Å². The number of ether oxygens (including phenoxy) is 1. The molecule has 3 nitrogen and oxygen atoms in total. The molecule has 0 aliphatic carbocycles. The third-order valence-corrected chi connectivity index (χ3v) is 3.37. The summed E-state index contributed by atoms with van der Waals surface area (Å²) in [6.45, 7) is 6.54. The standard InChI is InChI=1S/C18H18ClNO2/c1-13(2)12-22-16-9-7-14(8-10-16)18(21)20-11-15-5-3-4-6-17(15)19/h3-10H,1,11-12H2,2H3,(H,20,21). The Balaban J connectivity index is 1.92. The Bertz CT molecular complexity index is 665. The molecule has 0 unspecified atom stereocenters. The second-order valence-corrected chi connectivity index (χ2v) is 5.45. The minimum absolute atomic E-state index is 0.147. The molecule has 2 aromatic carbocycles. The molecule has 22 heavy (non-hydrogen) atoms. The van der Waals surface area contributed by atoms with Gasteiger partial charge in [0.1, 0.15) is 12.4 Å². The number of nitrogens with one attached hydrogen (secondary N) is 1. The molecule has 2 aromatic rings. The average molecular weight is 316 g/mol. The highest BCUT2D eigenvalue weighted by molar-refractivity contribution is 6.31. The summed E-state index contributed by atoms with van der Waals surface area (Å²) in [5, 5.41) is 3.49.